The van der Waals surface area contributed by atoms with Crippen molar-refractivity contribution in [3.63, 3.8) is 0 Å². The Hall–Kier alpha value is -4.87. The first kappa shape index (κ1) is 31.1. The number of sulfonamides is 1. The number of anilines is 1. The lowest BCUT2D eigenvalue weighted by Crippen LogP contribution is -2.62. The number of ether oxygens (including phenoxy) is 3. The maximum atomic E-state index is 15.0. The van der Waals surface area contributed by atoms with E-state index in [0.717, 1.165) is 25.9 Å². The van der Waals surface area contributed by atoms with Gasteiger partial charge < -0.3 is 29.7 Å². The second-order valence-corrected chi connectivity index (χ2v) is 13.3. The number of nitrogens with one attached hydrogen (secondary N) is 2. The summed E-state index contributed by atoms with van der Waals surface area (Å²) >= 11 is 0. The molecule has 2 aromatic carbocycles. The maximum absolute atomic E-state index is 15.0. The number of urea groups is 1. The van der Waals surface area contributed by atoms with Crippen LogP contribution in [0.5, 0.6) is 17.4 Å². The number of fused-ring (bicyclic) bond motifs is 1. The van der Waals surface area contributed by atoms with E-state index < -0.39 is 27.5 Å². The van der Waals surface area contributed by atoms with Crippen LogP contribution >= 0.6 is 0 Å². The summed E-state index contributed by atoms with van der Waals surface area (Å²) in [6.45, 7) is 4.63. The highest BCUT2D eigenvalue weighted by molar-refractivity contribution is 7.93. The minimum atomic E-state index is -4.68. The van der Waals surface area contributed by atoms with Gasteiger partial charge in [-0.1, -0.05) is 0 Å². The molecule has 0 saturated carbocycles. The number of amides is 3. The second-order valence-electron chi connectivity index (χ2n) is 11.5. The van der Waals surface area contributed by atoms with Crippen molar-refractivity contribution in [2.75, 3.05) is 51.3 Å². The molecule has 1 unspecified atom stereocenters. The summed E-state index contributed by atoms with van der Waals surface area (Å²) in [4.78, 5) is 34.9. The lowest BCUT2D eigenvalue weighted by atomic mass is 9.73. The SMILES string of the molecule is CCOc1ncccc1C1(NC(=O)N2CCC3(CC2)CNC3)C(=O)N(S(=O)(=O)c2ccc(OC)cc2OC)c2ccc(C#N)cc21. The number of hydrogen-bond acceptors (Lipinski definition) is 10. The quantitative estimate of drug-likeness (QED) is 0.372. The lowest BCUT2D eigenvalue weighted by molar-refractivity contribution is -0.121. The number of nitrogens with zero attached hydrogens (tertiary/aromatic N) is 4. The molecule has 3 aliphatic heterocycles. The van der Waals surface area contributed by atoms with Crippen LogP contribution in [0.3, 0.4) is 0 Å². The predicted molar refractivity (Wildman–Crippen MR) is 166 cm³/mol. The highest BCUT2D eigenvalue weighted by Crippen LogP contribution is 2.50. The molecule has 1 aromatic heterocycles. The van der Waals surface area contributed by atoms with E-state index in [2.05, 4.69) is 21.7 Å². The molecule has 2 saturated heterocycles. The van der Waals surface area contributed by atoms with Crippen LogP contribution in [0.4, 0.5) is 10.5 Å². The van der Waals surface area contributed by atoms with E-state index in [9.17, 15) is 18.5 Å². The summed E-state index contributed by atoms with van der Waals surface area (Å²) in [6, 6.07) is 13.0. The zero-order valence-corrected chi connectivity index (χ0v) is 26.5. The van der Waals surface area contributed by atoms with Crippen LogP contribution < -0.4 is 29.1 Å². The number of rotatable bonds is 8. The Morgan fingerprint density at radius 3 is 2.48 bits per heavy atom. The fraction of sp³-hybridized carbons (Fsp3) is 0.375. The molecule has 0 radical (unpaired) electrons. The van der Waals surface area contributed by atoms with Crippen molar-refractivity contribution in [1.82, 2.24) is 20.5 Å². The molecule has 1 atom stereocenters. The zero-order valence-electron chi connectivity index (χ0n) is 25.7. The van der Waals surface area contributed by atoms with Gasteiger partial charge in [0.15, 0.2) is 5.54 Å². The minimum absolute atomic E-state index is 0.0337. The topological polar surface area (TPSA) is 163 Å². The highest BCUT2D eigenvalue weighted by atomic mass is 32.2. The number of nitriles is 1. The largest absolute Gasteiger partial charge is 0.497 e. The molecule has 2 fully saturated rings. The summed E-state index contributed by atoms with van der Waals surface area (Å²) in [5.41, 5.74) is -1.64. The Bertz CT molecular complexity index is 1850. The smallest absolute Gasteiger partial charge is 0.318 e. The average Bonchev–Trinajstić information content (AvgIpc) is 3.31. The van der Waals surface area contributed by atoms with Gasteiger partial charge in [-0.15, -0.1) is 0 Å². The van der Waals surface area contributed by atoms with Crippen LogP contribution in [-0.2, 0) is 20.4 Å². The number of piperidine rings is 1. The Balaban J connectivity index is 1.54. The van der Waals surface area contributed by atoms with Gasteiger partial charge >= 0.3 is 6.03 Å². The van der Waals surface area contributed by atoms with E-state index in [-0.39, 0.29) is 50.9 Å². The third-order valence-electron chi connectivity index (χ3n) is 9.00. The van der Waals surface area contributed by atoms with E-state index in [4.69, 9.17) is 14.2 Å². The van der Waals surface area contributed by atoms with Crippen LogP contribution in [0, 0.1) is 16.7 Å². The minimum Gasteiger partial charge on any atom is -0.497 e. The zero-order chi connectivity index (χ0) is 32.7. The molecule has 14 heteroatoms. The normalized spacial score (nSPS) is 20.0. The second kappa shape index (κ2) is 11.8. The van der Waals surface area contributed by atoms with Gasteiger partial charge in [-0.05, 0) is 67.6 Å². The van der Waals surface area contributed by atoms with Gasteiger partial charge in [-0.25, -0.2) is 18.2 Å². The Kier molecular flexibility index (Phi) is 7.99. The molecule has 3 aromatic rings. The third kappa shape index (κ3) is 4.87. The first-order valence-corrected chi connectivity index (χ1v) is 16.3. The summed E-state index contributed by atoms with van der Waals surface area (Å²) in [5.74, 6) is -0.657. The van der Waals surface area contributed by atoms with Gasteiger partial charge in [0.05, 0.1) is 43.7 Å². The molecule has 13 nitrogen and oxygen atoms in total. The molecule has 3 aliphatic rings. The average molecular weight is 647 g/mol. The van der Waals surface area contributed by atoms with Gasteiger partial charge in [0.25, 0.3) is 15.9 Å². The van der Waals surface area contributed by atoms with E-state index in [1.807, 2.05) is 0 Å². The monoisotopic (exact) mass is 646 g/mol. The molecule has 2 N–H and O–H groups in total. The summed E-state index contributed by atoms with van der Waals surface area (Å²) in [6.07, 6.45) is 3.06. The van der Waals surface area contributed by atoms with Crippen LogP contribution in [-0.4, -0.2) is 77.2 Å². The maximum Gasteiger partial charge on any atom is 0.318 e. The van der Waals surface area contributed by atoms with Gasteiger partial charge in [0.2, 0.25) is 5.88 Å². The number of carbonyl (C=O) groups excluding carboxylic acids is 2. The van der Waals surface area contributed by atoms with E-state index in [1.165, 1.54) is 56.8 Å². The number of methoxy groups -OCH3 is 2. The first-order valence-electron chi connectivity index (χ1n) is 14.9. The van der Waals surface area contributed by atoms with Gasteiger partial charge in [0, 0.05) is 44.0 Å². The molecule has 1 spiro atoms. The lowest BCUT2D eigenvalue weighted by Gasteiger charge is -2.48. The van der Waals surface area contributed by atoms with Crippen molar-refractivity contribution in [2.24, 2.45) is 5.41 Å². The van der Waals surface area contributed by atoms with Crippen molar-refractivity contribution in [3.05, 3.63) is 71.4 Å². The Morgan fingerprint density at radius 1 is 1.09 bits per heavy atom. The summed E-state index contributed by atoms with van der Waals surface area (Å²) in [5, 5.41) is 16.1. The molecular formula is C32H34N6O7S. The number of hydrogen-bond donors (Lipinski definition) is 2. The van der Waals surface area contributed by atoms with Crippen molar-refractivity contribution in [3.8, 4) is 23.4 Å². The number of aromatic nitrogens is 1. The number of carbonyl (C=O) groups is 2. The van der Waals surface area contributed by atoms with Crippen LogP contribution in [0.1, 0.15) is 36.5 Å². The van der Waals surface area contributed by atoms with Crippen molar-refractivity contribution in [2.45, 2.75) is 30.2 Å². The van der Waals surface area contributed by atoms with Crippen LogP contribution in [0.25, 0.3) is 0 Å². The fourth-order valence-corrected chi connectivity index (χ4v) is 8.02. The highest BCUT2D eigenvalue weighted by Gasteiger charge is 2.59. The molecule has 0 aliphatic carbocycles. The Morgan fingerprint density at radius 2 is 1.85 bits per heavy atom. The summed E-state index contributed by atoms with van der Waals surface area (Å²) < 4.78 is 46.2. The first-order chi connectivity index (χ1) is 22.1. The van der Waals surface area contributed by atoms with Crippen LogP contribution in [0.2, 0.25) is 0 Å². The third-order valence-corrected chi connectivity index (χ3v) is 10.7. The van der Waals surface area contributed by atoms with Crippen molar-refractivity contribution in [1.29, 1.82) is 5.26 Å². The molecular weight excluding hydrogens is 612 g/mol. The number of benzene rings is 2. The summed E-state index contributed by atoms with van der Waals surface area (Å²) in [7, 11) is -1.94. The number of pyridine rings is 1. The molecule has 3 amide bonds. The van der Waals surface area contributed by atoms with Gasteiger partial charge in [0.1, 0.15) is 16.4 Å². The van der Waals surface area contributed by atoms with Crippen molar-refractivity contribution >= 4 is 27.6 Å². The molecule has 4 heterocycles. The molecule has 0 bridgehead atoms. The Labute approximate surface area is 267 Å². The number of likely N-dealkylation sites (tertiary alicyclic amines) is 1. The van der Waals surface area contributed by atoms with Crippen LogP contribution in [0.15, 0.2) is 59.6 Å². The van der Waals surface area contributed by atoms with E-state index >= 15 is 4.79 Å². The predicted octanol–water partition coefficient (Wildman–Crippen LogP) is 2.74. The van der Waals surface area contributed by atoms with Crippen molar-refractivity contribution < 1.29 is 32.2 Å². The standard InChI is InChI=1S/C32H34N6O7S/c1-4-45-28-23(6-5-13-35-28)32(36-30(40)37-14-11-31(12-15-37)19-34-20-31)24-16-21(18-33)7-9-25(24)38(29(32)39)46(41,42)27-10-8-22(43-2)17-26(27)44-3/h5-10,13,16-17,34H,4,11-12,14-15,19-20H2,1-3H3,(H,36,40). The van der Waals surface area contributed by atoms with Gasteiger partial charge in [-0.2, -0.15) is 9.57 Å². The fourth-order valence-electron chi connectivity index (χ4n) is 6.42. The van der Waals surface area contributed by atoms with E-state index in [0.29, 0.717) is 23.1 Å². The van der Waals surface area contributed by atoms with E-state index in [1.54, 1.807) is 24.0 Å². The molecule has 240 valence electrons. The van der Waals surface area contributed by atoms with Gasteiger partial charge in [-0.3, -0.25) is 4.79 Å². The molecule has 46 heavy (non-hydrogen) atoms. The molecule has 6 rings (SSSR count).